The van der Waals surface area contributed by atoms with E-state index in [1.54, 1.807) is 0 Å². The maximum absolute atomic E-state index is 5.70. The minimum absolute atomic E-state index is 0.180. The Labute approximate surface area is 121 Å². The maximum atomic E-state index is 5.70. The fourth-order valence-electron chi connectivity index (χ4n) is 2.89. The van der Waals surface area contributed by atoms with Crippen LogP contribution in [0.2, 0.25) is 0 Å². The van der Waals surface area contributed by atoms with Gasteiger partial charge in [0.25, 0.3) is 0 Å². The molecule has 4 nitrogen and oxygen atoms in total. The summed E-state index contributed by atoms with van der Waals surface area (Å²) in [5.74, 6) is 1.73. The third-order valence-corrected chi connectivity index (χ3v) is 4.51. The molecule has 110 valence electrons. The van der Waals surface area contributed by atoms with E-state index in [1.807, 2.05) is 6.07 Å². The van der Waals surface area contributed by atoms with E-state index >= 15 is 0 Å². The number of anilines is 1. The average Bonchev–Trinajstić information content (AvgIpc) is 2.49. The monoisotopic (exact) mass is 276 g/mol. The molecule has 2 aliphatic rings. The summed E-state index contributed by atoms with van der Waals surface area (Å²) in [4.78, 5) is 2.47. The fraction of sp³-hybridized carbons (Fsp3) is 0.625. The Morgan fingerprint density at radius 2 is 2.05 bits per heavy atom. The van der Waals surface area contributed by atoms with Gasteiger partial charge in [-0.25, -0.2) is 0 Å². The van der Waals surface area contributed by atoms with Gasteiger partial charge in [-0.05, 0) is 32.4 Å². The molecule has 0 amide bonds. The van der Waals surface area contributed by atoms with Crippen LogP contribution in [0.15, 0.2) is 18.2 Å². The van der Waals surface area contributed by atoms with Crippen molar-refractivity contribution in [3.05, 3.63) is 18.2 Å². The van der Waals surface area contributed by atoms with Gasteiger partial charge in [0.1, 0.15) is 13.2 Å². The zero-order chi connectivity index (χ0) is 14.2. The zero-order valence-electron chi connectivity index (χ0n) is 12.6. The topological polar surface area (TPSA) is 33.7 Å². The van der Waals surface area contributed by atoms with Gasteiger partial charge in [-0.1, -0.05) is 6.92 Å². The highest BCUT2D eigenvalue weighted by atomic mass is 16.6. The van der Waals surface area contributed by atoms with Crippen LogP contribution in [0.4, 0.5) is 5.69 Å². The average molecular weight is 276 g/mol. The van der Waals surface area contributed by atoms with Crippen LogP contribution < -0.4 is 19.7 Å². The molecule has 1 fully saturated rings. The number of nitrogens with zero attached hydrogens (tertiary/aromatic N) is 1. The molecule has 3 rings (SSSR count). The number of benzene rings is 1. The molecule has 0 radical (unpaired) electrons. The van der Waals surface area contributed by atoms with E-state index in [-0.39, 0.29) is 5.54 Å². The maximum Gasteiger partial charge on any atom is 0.163 e. The van der Waals surface area contributed by atoms with Gasteiger partial charge in [-0.3, -0.25) is 0 Å². The number of hydrogen-bond donors (Lipinski definition) is 1. The van der Waals surface area contributed by atoms with Gasteiger partial charge in [0.2, 0.25) is 0 Å². The molecular formula is C16H24N2O2. The molecule has 0 spiro atoms. The SMILES string of the molecule is CCC1(C)CN(c2ccc3c(c2)OCCO3)C(C)CN1. The van der Waals surface area contributed by atoms with Gasteiger partial charge in [0.15, 0.2) is 11.5 Å². The third kappa shape index (κ3) is 2.44. The van der Waals surface area contributed by atoms with E-state index < -0.39 is 0 Å². The van der Waals surface area contributed by atoms with Crippen LogP contribution in [0.1, 0.15) is 27.2 Å². The molecule has 2 unspecified atom stereocenters. The van der Waals surface area contributed by atoms with Crippen molar-refractivity contribution in [3.8, 4) is 11.5 Å². The molecule has 0 aromatic heterocycles. The highest BCUT2D eigenvalue weighted by Crippen LogP contribution is 2.35. The smallest absolute Gasteiger partial charge is 0.163 e. The summed E-state index contributed by atoms with van der Waals surface area (Å²) in [5.41, 5.74) is 1.41. The molecule has 20 heavy (non-hydrogen) atoms. The molecule has 1 saturated heterocycles. The Hall–Kier alpha value is -1.42. The standard InChI is InChI=1S/C16H24N2O2/c1-4-16(3)11-18(12(2)10-17-16)13-5-6-14-15(9-13)20-8-7-19-14/h5-6,9,12,17H,4,7-8,10-11H2,1-3H3. The molecule has 0 bridgehead atoms. The Morgan fingerprint density at radius 3 is 2.80 bits per heavy atom. The van der Waals surface area contributed by atoms with Gasteiger partial charge in [-0.2, -0.15) is 0 Å². The third-order valence-electron chi connectivity index (χ3n) is 4.51. The Balaban J connectivity index is 1.87. The van der Waals surface area contributed by atoms with E-state index in [1.165, 1.54) is 5.69 Å². The van der Waals surface area contributed by atoms with Crippen LogP contribution in [0, 0.1) is 0 Å². The van der Waals surface area contributed by atoms with E-state index in [4.69, 9.17) is 9.47 Å². The minimum Gasteiger partial charge on any atom is -0.486 e. The molecule has 0 aliphatic carbocycles. The second-order valence-corrected chi connectivity index (χ2v) is 6.10. The lowest BCUT2D eigenvalue weighted by Gasteiger charge is -2.46. The van der Waals surface area contributed by atoms with Crippen LogP contribution in [0.5, 0.6) is 11.5 Å². The largest absolute Gasteiger partial charge is 0.486 e. The summed E-state index contributed by atoms with van der Waals surface area (Å²) >= 11 is 0. The lowest BCUT2D eigenvalue weighted by Crippen LogP contribution is -2.62. The summed E-state index contributed by atoms with van der Waals surface area (Å²) in [5, 5.41) is 3.66. The zero-order valence-corrected chi connectivity index (χ0v) is 12.6. The number of ether oxygens (including phenoxy) is 2. The second kappa shape index (κ2) is 5.17. The first-order valence-electron chi connectivity index (χ1n) is 7.53. The quantitative estimate of drug-likeness (QED) is 0.899. The van der Waals surface area contributed by atoms with Gasteiger partial charge >= 0.3 is 0 Å². The molecule has 1 aromatic carbocycles. The number of nitrogens with one attached hydrogen (secondary N) is 1. The number of fused-ring (bicyclic) bond motifs is 1. The van der Waals surface area contributed by atoms with Crippen molar-refractivity contribution >= 4 is 5.69 Å². The van der Waals surface area contributed by atoms with Crippen LogP contribution >= 0.6 is 0 Å². The lowest BCUT2D eigenvalue weighted by molar-refractivity contribution is 0.171. The first-order chi connectivity index (χ1) is 9.61. The van der Waals surface area contributed by atoms with E-state index in [9.17, 15) is 0 Å². The normalized spacial score (nSPS) is 29.4. The molecule has 2 heterocycles. The second-order valence-electron chi connectivity index (χ2n) is 6.10. The highest BCUT2D eigenvalue weighted by Gasteiger charge is 2.33. The van der Waals surface area contributed by atoms with Crippen LogP contribution in [-0.4, -0.2) is 37.9 Å². The summed E-state index contributed by atoms with van der Waals surface area (Å²) in [6, 6.07) is 6.77. The molecule has 4 heteroatoms. The van der Waals surface area contributed by atoms with Crippen molar-refractivity contribution in [3.63, 3.8) is 0 Å². The molecule has 1 N–H and O–H groups in total. The highest BCUT2D eigenvalue weighted by molar-refractivity contribution is 5.58. The summed E-state index contributed by atoms with van der Waals surface area (Å²) in [6.45, 7) is 10.1. The van der Waals surface area contributed by atoms with Crippen molar-refractivity contribution in [2.24, 2.45) is 0 Å². The molecule has 2 aliphatic heterocycles. The van der Waals surface area contributed by atoms with Crippen molar-refractivity contribution < 1.29 is 9.47 Å². The Bertz CT molecular complexity index is 491. The Morgan fingerprint density at radius 1 is 1.30 bits per heavy atom. The van der Waals surface area contributed by atoms with Gasteiger partial charge in [0.05, 0.1) is 0 Å². The summed E-state index contributed by atoms with van der Waals surface area (Å²) in [6.07, 6.45) is 1.13. The molecule has 1 aromatic rings. The molecule has 0 saturated carbocycles. The van der Waals surface area contributed by atoms with Gasteiger partial charge in [0, 0.05) is 36.4 Å². The number of piperazine rings is 1. The van der Waals surface area contributed by atoms with Crippen molar-refractivity contribution in [1.29, 1.82) is 0 Å². The first-order valence-corrected chi connectivity index (χ1v) is 7.53. The fourth-order valence-corrected chi connectivity index (χ4v) is 2.89. The molecular weight excluding hydrogens is 252 g/mol. The predicted octanol–water partition coefficient (Wildman–Crippen LogP) is 2.42. The number of hydrogen-bond acceptors (Lipinski definition) is 4. The van der Waals surface area contributed by atoms with E-state index in [2.05, 4.69) is 43.1 Å². The minimum atomic E-state index is 0.180. The Kier molecular flexibility index (Phi) is 3.50. The number of rotatable bonds is 2. The van der Waals surface area contributed by atoms with Crippen LogP contribution in [0.3, 0.4) is 0 Å². The van der Waals surface area contributed by atoms with Gasteiger partial charge in [-0.15, -0.1) is 0 Å². The van der Waals surface area contributed by atoms with Gasteiger partial charge < -0.3 is 19.7 Å². The van der Waals surface area contributed by atoms with Crippen molar-refractivity contribution in [2.75, 3.05) is 31.2 Å². The summed E-state index contributed by atoms with van der Waals surface area (Å²) < 4.78 is 11.3. The summed E-state index contributed by atoms with van der Waals surface area (Å²) in [7, 11) is 0. The van der Waals surface area contributed by atoms with E-state index in [0.29, 0.717) is 19.3 Å². The first kappa shape index (κ1) is 13.6. The van der Waals surface area contributed by atoms with Crippen molar-refractivity contribution in [2.45, 2.75) is 38.8 Å². The van der Waals surface area contributed by atoms with E-state index in [0.717, 1.165) is 31.0 Å². The van der Waals surface area contributed by atoms with Crippen molar-refractivity contribution in [1.82, 2.24) is 5.32 Å². The predicted molar refractivity (Wildman–Crippen MR) is 80.9 cm³/mol. The molecule has 2 atom stereocenters. The lowest BCUT2D eigenvalue weighted by atomic mass is 9.93. The van der Waals surface area contributed by atoms with Crippen LogP contribution in [0.25, 0.3) is 0 Å². The van der Waals surface area contributed by atoms with Crippen LogP contribution in [-0.2, 0) is 0 Å².